The number of carbonyl (C=O) groups excluding carboxylic acids is 7. The molecule has 7 unspecified atom stereocenters. The van der Waals surface area contributed by atoms with Crippen LogP contribution in [0.2, 0.25) is 0 Å². The predicted molar refractivity (Wildman–Crippen MR) is 540 cm³/mol. The molecule has 7 atom stereocenters. The van der Waals surface area contributed by atoms with Crippen LogP contribution in [-0.2, 0) is 44.9 Å². The number of aryl methyl sites for hydroxylation is 7. The van der Waals surface area contributed by atoms with E-state index in [9.17, 15) is 33.6 Å². The summed E-state index contributed by atoms with van der Waals surface area (Å²) in [6.45, 7) is 78.4. The molecule has 774 valence electrons. The Labute approximate surface area is 814 Å². The number of hydrogen-bond donors (Lipinski definition) is 10. The zero-order valence-electron chi connectivity index (χ0n) is 91.5. The molecule has 0 fully saturated rings. The molecule has 0 radical (unpaired) electrons. The molecule has 7 aromatic heterocycles. The predicted octanol–water partition coefficient (Wildman–Crippen LogP) is 14.7. The molecular weight excluding hydrogens is 1730 g/mol. The summed E-state index contributed by atoms with van der Waals surface area (Å²) in [7, 11) is 16.1. The zero-order valence-corrected chi connectivity index (χ0v) is 91.5. The largest absolute Gasteiger partial charge is 0.361 e. The van der Waals surface area contributed by atoms with Crippen LogP contribution in [0.3, 0.4) is 0 Å². The molecule has 0 aliphatic heterocycles. The van der Waals surface area contributed by atoms with Crippen LogP contribution < -0.4 is 53.2 Å². The van der Waals surface area contributed by atoms with Crippen molar-refractivity contribution >= 4 is 41.4 Å². The average Bonchev–Trinajstić information content (AvgIpc) is 1.65. The van der Waals surface area contributed by atoms with E-state index in [0.717, 1.165) is 148 Å². The van der Waals surface area contributed by atoms with Gasteiger partial charge in [0.05, 0.1) is 0 Å². The second kappa shape index (κ2) is 58.4. The second-order valence-corrected chi connectivity index (χ2v) is 41.1. The second-order valence-electron chi connectivity index (χ2n) is 41.1. The summed E-state index contributed by atoms with van der Waals surface area (Å²) < 4.78 is 35.7. The lowest BCUT2D eigenvalue weighted by molar-refractivity contribution is 0.0863. The van der Waals surface area contributed by atoms with E-state index in [0.29, 0.717) is 77.6 Å². The molecule has 7 heterocycles. The van der Waals surface area contributed by atoms with E-state index in [1.165, 1.54) is 0 Å². The third-order valence-corrected chi connectivity index (χ3v) is 26.2. The highest BCUT2D eigenvalue weighted by Crippen LogP contribution is 2.29. The van der Waals surface area contributed by atoms with E-state index < -0.39 is 0 Å². The van der Waals surface area contributed by atoms with Crippen LogP contribution in [0.5, 0.6) is 0 Å². The van der Waals surface area contributed by atoms with Crippen molar-refractivity contribution in [3.63, 3.8) is 0 Å². The Kier molecular flexibility index (Phi) is 53.4. The first-order valence-corrected chi connectivity index (χ1v) is 48.6. The van der Waals surface area contributed by atoms with Crippen LogP contribution >= 0.6 is 0 Å². The monoisotopic (exact) mass is 1910 g/mol. The normalized spacial score (nSPS) is 13.5. The Bertz CT molecular complexity index is 4670. The molecule has 7 rings (SSSR count). The summed E-state index contributed by atoms with van der Waals surface area (Å²) in [6, 6.07) is 7.88. The summed E-state index contributed by atoms with van der Waals surface area (Å²) in [5.74, 6) is 4.02. The van der Waals surface area contributed by atoms with Gasteiger partial charge in [0.1, 0.15) is 40.3 Å². The Morgan fingerprint density at radius 1 is 0.301 bits per heavy atom. The van der Waals surface area contributed by atoms with Crippen LogP contribution in [0.15, 0.2) is 55.9 Å². The quantitative estimate of drug-likeness (QED) is 0.0169. The van der Waals surface area contributed by atoms with Crippen molar-refractivity contribution in [2.24, 2.45) is 37.9 Å². The highest BCUT2D eigenvalue weighted by molar-refractivity contribution is 5.96. The molecule has 7 aromatic rings. The molecule has 0 aliphatic carbocycles. The number of amides is 7. The van der Waals surface area contributed by atoms with Gasteiger partial charge in [-0.15, -0.1) is 0 Å². The minimum Gasteiger partial charge on any atom is -0.361 e. The van der Waals surface area contributed by atoms with Crippen molar-refractivity contribution in [3.05, 3.63) is 121 Å². The Morgan fingerprint density at radius 2 is 0.537 bits per heavy atom. The Morgan fingerprint density at radius 3 is 0.757 bits per heavy atom. The van der Waals surface area contributed by atoms with Crippen molar-refractivity contribution < 1.29 is 65.2 Å². The number of rotatable bonds is 45. The molecule has 136 heavy (non-hydrogen) atoms. The molecular formula is C101H181N21O14. The SMILES string of the molecule is CCNC(C)C(C)(C)CNC(=O)c1cc(CC)on1.CCc1cc(C(=O)NC(C)C(C)(C)CN(C)C)no1.CCc1cc(C(=O)NC(C)C(C)(C)CN(C)CC)no1.CCc1cc(C(=O)NCC(C)(C)C(C)NC)no1.CCc1onc(C(=O)NC(C)C(C)(C)CN(C)C)c1C.CCc1onc(C(=O)NC(C)C(C)(C)CN(C)CC)c1C.CCc1onc(C(=O)NCC(C)(C)C(C)NC)c1C. The minimum atomic E-state index is -0.185. The van der Waals surface area contributed by atoms with E-state index in [2.05, 4.69) is 261 Å². The van der Waals surface area contributed by atoms with E-state index in [1.54, 1.807) is 24.3 Å². The first-order valence-electron chi connectivity index (χ1n) is 48.6. The van der Waals surface area contributed by atoms with E-state index in [1.807, 2.05) is 139 Å². The van der Waals surface area contributed by atoms with E-state index in [4.69, 9.17) is 31.7 Å². The van der Waals surface area contributed by atoms with Crippen molar-refractivity contribution in [3.8, 4) is 0 Å². The topological polar surface area (TPSA) is 435 Å². The molecule has 35 heteroatoms. The van der Waals surface area contributed by atoms with Crippen LogP contribution in [0.25, 0.3) is 0 Å². The van der Waals surface area contributed by atoms with Crippen molar-refractivity contribution in [1.29, 1.82) is 0 Å². The van der Waals surface area contributed by atoms with Crippen LogP contribution in [0.1, 0.15) is 345 Å². The van der Waals surface area contributed by atoms with Crippen molar-refractivity contribution in [2.75, 3.05) is 122 Å². The van der Waals surface area contributed by atoms with E-state index >= 15 is 0 Å². The van der Waals surface area contributed by atoms with Gasteiger partial charge >= 0.3 is 0 Å². The van der Waals surface area contributed by atoms with Crippen LogP contribution in [-0.4, -0.2) is 261 Å². The van der Waals surface area contributed by atoms with Gasteiger partial charge in [0.15, 0.2) is 39.9 Å². The summed E-state index contributed by atoms with van der Waals surface area (Å²) in [4.78, 5) is 93.5. The standard InChI is InChI=1S/C16H29N3O2.2C15H27N3O2.3C14H25N3O2.C13H23N3O2/c1-8-13-11(3)14(18-21-13)15(20)17-12(4)16(5,6)10-19(7)9-2;1-8-12-10(2)13(17-20-12)14(19)16-11(3)15(4,5)9-18(6)7;1-7-12-9-13(17-20-12)14(19)16-11(3)15(4,5)10-18(6)8-2;1-7-11-8-12(16-19-11)13(18)15-10(2)14(3,4)9-17(5)6;1-7-11-9(2)12(17-19-11)13(18)16-8-14(4,5)10(3)15-6;1-6-11-8-12(17-19-11)13(18)16-9-14(4,5)10(3)15-7-2;1-6-10-7-11(16-18-10)12(17)15-8-13(3,4)9(2)14-5/h12H,8-10H2,1-7H3,(H,17,20);11H,8-9H2,1-7H3,(H,16,19);9,11H,7-8,10H2,1-6H3,(H,16,19);8,10H,7,9H2,1-6H3,(H,15,18);10,15H,7-8H2,1-6H3,(H,16,18);8,10,15H,6-7,9H2,1-5H3,(H,16,18);7,9,14H,6,8H2,1-5H3,(H,15,17). The summed E-state index contributed by atoms with van der Waals surface area (Å²) in [5, 5.41) is 57.4. The van der Waals surface area contributed by atoms with Crippen molar-refractivity contribution in [2.45, 2.75) is 323 Å². The third-order valence-electron chi connectivity index (χ3n) is 26.2. The fourth-order valence-electron chi connectivity index (χ4n) is 13.7. The van der Waals surface area contributed by atoms with Gasteiger partial charge in [0.25, 0.3) is 41.4 Å². The lowest BCUT2D eigenvalue weighted by atomic mass is 9.84. The summed E-state index contributed by atoms with van der Waals surface area (Å²) >= 11 is 0. The zero-order chi connectivity index (χ0) is 105. The number of nitrogens with one attached hydrogen (secondary N) is 10. The molecule has 0 aromatic carbocycles. The number of nitrogens with zero attached hydrogens (tertiary/aromatic N) is 11. The van der Waals surface area contributed by atoms with Crippen LogP contribution in [0, 0.1) is 58.7 Å². The highest BCUT2D eigenvalue weighted by atomic mass is 16.5. The van der Waals surface area contributed by atoms with Gasteiger partial charge in [-0.3, -0.25) is 33.6 Å². The van der Waals surface area contributed by atoms with E-state index in [-0.39, 0.29) is 103 Å². The van der Waals surface area contributed by atoms with Gasteiger partial charge in [-0.1, -0.05) is 202 Å². The smallest absolute Gasteiger partial charge is 0.273 e. The van der Waals surface area contributed by atoms with Gasteiger partial charge in [-0.2, -0.15) is 0 Å². The minimum absolute atomic E-state index is 0.0161. The third kappa shape index (κ3) is 41.3. The maximum absolute atomic E-state index is 12.4. The fourth-order valence-corrected chi connectivity index (χ4v) is 13.7. The van der Waals surface area contributed by atoms with Gasteiger partial charge in [-0.25, -0.2) is 0 Å². The number of hydrogen-bond acceptors (Lipinski definition) is 28. The van der Waals surface area contributed by atoms with Gasteiger partial charge in [-0.05, 0) is 183 Å². The molecule has 0 spiro atoms. The molecule has 10 N–H and O–H groups in total. The molecule has 0 aliphatic rings. The molecule has 7 amide bonds. The molecule has 0 saturated heterocycles. The first-order chi connectivity index (χ1) is 63.1. The fraction of sp³-hybridized carbons (Fsp3) is 0.723. The highest BCUT2D eigenvalue weighted by Gasteiger charge is 2.36. The van der Waals surface area contributed by atoms with Crippen molar-refractivity contribution in [1.82, 2.24) is 109 Å². The molecule has 0 bridgehead atoms. The Balaban J connectivity index is 0.000000794. The maximum atomic E-state index is 12.4. The maximum Gasteiger partial charge on any atom is 0.273 e. The Hall–Kier alpha value is -9.52. The van der Waals surface area contributed by atoms with Crippen LogP contribution in [0.4, 0.5) is 0 Å². The molecule has 0 saturated carbocycles. The average molecular weight is 1910 g/mol. The summed E-state index contributed by atoms with van der Waals surface area (Å²) in [6.07, 6.45) is 5.19. The van der Waals surface area contributed by atoms with Gasteiger partial charge in [0.2, 0.25) is 0 Å². The number of aromatic nitrogens is 7. The lowest BCUT2D eigenvalue weighted by Gasteiger charge is -2.35. The molecule has 35 nitrogen and oxygen atoms in total. The summed E-state index contributed by atoms with van der Waals surface area (Å²) in [5.41, 5.74) is 4.94. The lowest BCUT2D eigenvalue weighted by Crippen LogP contribution is -2.48. The van der Waals surface area contributed by atoms with Gasteiger partial charge < -0.3 is 104 Å². The van der Waals surface area contributed by atoms with Gasteiger partial charge in [0, 0.05) is 174 Å². The number of carbonyl (C=O) groups is 7. The first kappa shape index (κ1) is 124.